The maximum Gasteiger partial charge on any atom is 0.257 e. The van der Waals surface area contributed by atoms with Crippen molar-refractivity contribution in [2.45, 2.75) is 6.54 Å². The van der Waals surface area contributed by atoms with Crippen LogP contribution >= 0.6 is 11.3 Å². The van der Waals surface area contributed by atoms with Gasteiger partial charge in [-0.2, -0.15) is 4.39 Å². The molecule has 2 aromatic rings. The number of amides is 1. The number of carbonyl (C=O) groups excluding carboxylic acids is 1. The minimum Gasteiger partial charge on any atom is -0.383 e. The number of halogens is 2. The molecular formula is C14H14F2N2O2S. The molecule has 112 valence electrons. The zero-order valence-electron chi connectivity index (χ0n) is 11.4. The summed E-state index contributed by atoms with van der Waals surface area (Å²) in [6.07, 6.45) is 1.07. The van der Waals surface area contributed by atoms with E-state index in [4.69, 9.17) is 4.74 Å². The van der Waals surface area contributed by atoms with Crippen molar-refractivity contribution in [2.24, 2.45) is 0 Å². The highest BCUT2D eigenvalue weighted by atomic mass is 32.1. The van der Waals surface area contributed by atoms with Gasteiger partial charge in [-0.25, -0.2) is 9.37 Å². The van der Waals surface area contributed by atoms with Gasteiger partial charge in [0, 0.05) is 24.7 Å². The second-order valence-electron chi connectivity index (χ2n) is 4.26. The minimum atomic E-state index is -1.27. The molecule has 0 unspecified atom stereocenters. The molecule has 21 heavy (non-hydrogen) atoms. The van der Waals surface area contributed by atoms with Gasteiger partial charge in [0.2, 0.25) is 5.95 Å². The van der Waals surface area contributed by atoms with E-state index in [0.717, 1.165) is 11.1 Å². The van der Waals surface area contributed by atoms with Crippen molar-refractivity contribution in [1.29, 1.82) is 0 Å². The van der Waals surface area contributed by atoms with Gasteiger partial charge in [0.1, 0.15) is 0 Å². The fourth-order valence-electron chi connectivity index (χ4n) is 1.80. The molecule has 0 radical (unpaired) electrons. The fraction of sp³-hybridized carbons (Fsp3) is 0.286. The van der Waals surface area contributed by atoms with E-state index in [1.54, 1.807) is 0 Å². The van der Waals surface area contributed by atoms with Gasteiger partial charge in [-0.05, 0) is 17.5 Å². The van der Waals surface area contributed by atoms with Crippen LogP contribution in [-0.2, 0) is 11.3 Å². The SMILES string of the molecule is COCCN(Cc1cccs1)C(=O)c1ccnc(F)c1F. The van der Waals surface area contributed by atoms with Crippen LogP contribution in [0.3, 0.4) is 0 Å². The van der Waals surface area contributed by atoms with Gasteiger partial charge >= 0.3 is 0 Å². The number of hydrogen-bond acceptors (Lipinski definition) is 4. The predicted octanol–water partition coefficient (Wildman–Crippen LogP) is 2.71. The molecular weight excluding hydrogens is 298 g/mol. The Hall–Kier alpha value is -1.86. The van der Waals surface area contributed by atoms with Crippen LogP contribution in [0.1, 0.15) is 15.2 Å². The molecule has 4 nitrogen and oxygen atoms in total. The molecule has 7 heteroatoms. The summed E-state index contributed by atoms with van der Waals surface area (Å²) in [4.78, 5) is 18.0. The Labute approximate surface area is 125 Å². The zero-order chi connectivity index (χ0) is 15.2. The number of pyridine rings is 1. The van der Waals surface area contributed by atoms with Crippen LogP contribution in [0.2, 0.25) is 0 Å². The molecule has 0 bridgehead atoms. The molecule has 0 aliphatic carbocycles. The number of aromatic nitrogens is 1. The number of nitrogens with zero attached hydrogens (tertiary/aromatic N) is 2. The van der Waals surface area contributed by atoms with E-state index in [-0.39, 0.29) is 12.1 Å². The van der Waals surface area contributed by atoms with Crippen LogP contribution in [0, 0.1) is 11.8 Å². The predicted molar refractivity (Wildman–Crippen MR) is 75.1 cm³/mol. The molecule has 0 spiro atoms. The molecule has 0 aromatic carbocycles. The first-order valence-electron chi connectivity index (χ1n) is 6.24. The van der Waals surface area contributed by atoms with Crippen molar-refractivity contribution in [3.63, 3.8) is 0 Å². The Bertz CT molecular complexity index is 605. The lowest BCUT2D eigenvalue weighted by molar-refractivity contribution is 0.0676. The highest BCUT2D eigenvalue weighted by Gasteiger charge is 2.22. The van der Waals surface area contributed by atoms with Crippen LogP contribution in [0.25, 0.3) is 0 Å². The van der Waals surface area contributed by atoms with Crippen molar-refractivity contribution < 1.29 is 18.3 Å². The van der Waals surface area contributed by atoms with Gasteiger partial charge in [0.15, 0.2) is 5.82 Å². The van der Waals surface area contributed by atoms with E-state index in [0.29, 0.717) is 13.2 Å². The maximum atomic E-state index is 13.7. The number of hydrogen-bond donors (Lipinski definition) is 0. The largest absolute Gasteiger partial charge is 0.383 e. The molecule has 2 rings (SSSR count). The number of thiophene rings is 1. The maximum absolute atomic E-state index is 13.7. The fourth-order valence-corrected chi connectivity index (χ4v) is 2.52. The zero-order valence-corrected chi connectivity index (χ0v) is 12.2. The Balaban J connectivity index is 2.22. The van der Waals surface area contributed by atoms with Gasteiger partial charge in [-0.1, -0.05) is 6.07 Å². The first kappa shape index (κ1) is 15.5. The summed E-state index contributed by atoms with van der Waals surface area (Å²) in [5, 5.41) is 1.89. The van der Waals surface area contributed by atoms with Crippen molar-refractivity contribution >= 4 is 17.2 Å². The van der Waals surface area contributed by atoms with Gasteiger partial charge in [0.05, 0.1) is 18.7 Å². The lowest BCUT2D eigenvalue weighted by Crippen LogP contribution is -2.34. The summed E-state index contributed by atoms with van der Waals surface area (Å²) in [7, 11) is 1.51. The first-order valence-corrected chi connectivity index (χ1v) is 7.12. The average Bonchev–Trinajstić information content (AvgIpc) is 2.98. The van der Waals surface area contributed by atoms with Crippen molar-refractivity contribution in [2.75, 3.05) is 20.3 Å². The quantitative estimate of drug-likeness (QED) is 0.770. The number of methoxy groups -OCH3 is 1. The summed E-state index contributed by atoms with van der Waals surface area (Å²) in [6, 6.07) is 4.92. The smallest absolute Gasteiger partial charge is 0.257 e. The summed E-state index contributed by atoms with van der Waals surface area (Å²) in [6.45, 7) is 0.923. The van der Waals surface area contributed by atoms with E-state index in [2.05, 4.69) is 4.98 Å². The normalized spacial score (nSPS) is 10.6. The summed E-state index contributed by atoms with van der Waals surface area (Å²) >= 11 is 1.49. The van der Waals surface area contributed by atoms with E-state index in [9.17, 15) is 13.6 Å². The van der Waals surface area contributed by atoms with Gasteiger partial charge in [-0.15, -0.1) is 11.3 Å². The van der Waals surface area contributed by atoms with E-state index >= 15 is 0 Å². The third-order valence-corrected chi connectivity index (χ3v) is 3.72. The Morgan fingerprint density at radius 1 is 1.43 bits per heavy atom. The Kier molecular flexibility index (Phi) is 5.35. The minimum absolute atomic E-state index is 0.288. The van der Waals surface area contributed by atoms with Crippen molar-refractivity contribution in [3.8, 4) is 0 Å². The molecule has 0 N–H and O–H groups in total. The van der Waals surface area contributed by atoms with Gasteiger partial charge < -0.3 is 9.64 Å². The molecule has 0 saturated heterocycles. The van der Waals surface area contributed by atoms with Crippen LogP contribution in [0.15, 0.2) is 29.8 Å². The molecule has 0 atom stereocenters. The third-order valence-electron chi connectivity index (χ3n) is 2.86. The third kappa shape index (κ3) is 3.83. The Morgan fingerprint density at radius 2 is 2.24 bits per heavy atom. The second-order valence-corrected chi connectivity index (χ2v) is 5.29. The van der Waals surface area contributed by atoms with Crippen LogP contribution < -0.4 is 0 Å². The van der Waals surface area contributed by atoms with E-state index < -0.39 is 17.7 Å². The molecule has 0 fully saturated rings. The second kappa shape index (κ2) is 7.24. The van der Waals surface area contributed by atoms with Gasteiger partial charge in [-0.3, -0.25) is 4.79 Å². The highest BCUT2D eigenvalue weighted by molar-refractivity contribution is 7.09. The van der Waals surface area contributed by atoms with E-state index in [1.165, 1.54) is 29.4 Å². The van der Waals surface area contributed by atoms with E-state index in [1.807, 2.05) is 17.5 Å². The average molecular weight is 312 g/mol. The monoisotopic (exact) mass is 312 g/mol. The summed E-state index contributed by atoms with van der Waals surface area (Å²) in [5.74, 6) is -3.08. The molecule has 0 aliphatic rings. The van der Waals surface area contributed by atoms with Crippen LogP contribution in [0.4, 0.5) is 8.78 Å². The van der Waals surface area contributed by atoms with Crippen molar-refractivity contribution in [1.82, 2.24) is 9.88 Å². The summed E-state index contributed by atoms with van der Waals surface area (Å²) < 4.78 is 31.8. The molecule has 0 aliphatic heterocycles. The lowest BCUT2D eigenvalue weighted by atomic mass is 10.2. The van der Waals surface area contributed by atoms with Gasteiger partial charge in [0.25, 0.3) is 5.91 Å². The molecule has 2 heterocycles. The molecule has 1 amide bonds. The number of carbonyl (C=O) groups is 1. The number of ether oxygens (including phenoxy) is 1. The van der Waals surface area contributed by atoms with Crippen molar-refractivity contribution in [3.05, 3.63) is 52.0 Å². The van der Waals surface area contributed by atoms with Crippen LogP contribution in [-0.4, -0.2) is 36.1 Å². The van der Waals surface area contributed by atoms with Crippen LogP contribution in [0.5, 0.6) is 0 Å². The lowest BCUT2D eigenvalue weighted by Gasteiger charge is -2.22. The topological polar surface area (TPSA) is 42.4 Å². The standard InChI is InChI=1S/C14H14F2N2O2S/c1-20-7-6-18(9-10-3-2-8-21-10)14(19)11-4-5-17-13(16)12(11)15/h2-5,8H,6-7,9H2,1H3. The first-order chi connectivity index (χ1) is 10.1. The number of rotatable bonds is 6. The molecule has 0 saturated carbocycles. The highest BCUT2D eigenvalue weighted by Crippen LogP contribution is 2.16. The molecule has 2 aromatic heterocycles. The Morgan fingerprint density at radius 3 is 2.90 bits per heavy atom. The summed E-state index contributed by atoms with van der Waals surface area (Å²) in [5.41, 5.74) is -0.324.